The molecule has 0 saturated carbocycles. The molecule has 0 spiro atoms. The number of nitrogens with zero attached hydrogens (tertiary/aromatic N) is 2. The number of rotatable bonds is 6. The fourth-order valence-electron chi connectivity index (χ4n) is 4.82. The van der Waals surface area contributed by atoms with Gasteiger partial charge in [-0.2, -0.15) is 0 Å². The van der Waals surface area contributed by atoms with Crippen molar-refractivity contribution in [3.63, 3.8) is 0 Å². The maximum absolute atomic E-state index is 13.0. The third-order valence-electron chi connectivity index (χ3n) is 6.62. The van der Waals surface area contributed by atoms with Gasteiger partial charge in [-0.05, 0) is 68.0 Å². The molecular weight excluding hydrogens is 388 g/mol. The SMILES string of the molecule is COc1ccccc1OCc1ccc(C(=O)N2CCC(N3CCCC(C)C3)CC2)cc1. The van der Waals surface area contributed by atoms with Crippen LogP contribution in [0.5, 0.6) is 11.5 Å². The highest BCUT2D eigenvalue weighted by molar-refractivity contribution is 5.94. The molecule has 5 heteroatoms. The van der Waals surface area contributed by atoms with E-state index < -0.39 is 0 Å². The predicted molar refractivity (Wildman–Crippen MR) is 123 cm³/mol. The van der Waals surface area contributed by atoms with Crippen LogP contribution in [0.1, 0.15) is 48.5 Å². The van der Waals surface area contributed by atoms with Gasteiger partial charge in [-0.1, -0.05) is 31.2 Å². The van der Waals surface area contributed by atoms with Crippen LogP contribution in [0, 0.1) is 5.92 Å². The van der Waals surface area contributed by atoms with Crippen molar-refractivity contribution in [2.45, 2.75) is 45.3 Å². The van der Waals surface area contributed by atoms with Gasteiger partial charge in [0, 0.05) is 31.2 Å². The van der Waals surface area contributed by atoms with Crippen molar-refractivity contribution in [3.8, 4) is 11.5 Å². The summed E-state index contributed by atoms with van der Waals surface area (Å²) in [6, 6.07) is 16.0. The zero-order valence-corrected chi connectivity index (χ0v) is 18.8. The molecule has 166 valence electrons. The molecule has 1 amide bonds. The molecule has 2 aliphatic heterocycles. The van der Waals surface area contributed by atoms with Crippen LogP contribution in [0.2, 0.25) is 0 Å². The molecule has 5 nitrogen and oxygen atoms in total. The first-order chi connectivity index (χ1) is 15.1. The minimum atomic E-state index is 0.141. The van der Waals surface area contributed by atoms with Crippen LogP contribution in [0.4, 0.5) is 0 Å². The molecule has 2 aromatic rings. The second-order valence-corrected chi connectivity index (χ2v) is 8.90. The van der Waals surface area contributed by atoms with Gasteiger partial charge in [-0.15, -0.1) is 0 Å². The summed E-state index contributed by atoms with van der Waals surface area (Å²) in [5, 5.41) is 0. The van der Waals surface area contributed by atoms with Crippen molar-refractivity contribution in [2.75, 3.05) is 33.3 Å². The van der Waals surface area contributed by atoms with E-state index in [1.807, 2.05) is 53.4 Å². The van der Waals surface area contributed by atoms with Gasteiger partial charge >= 0.3 is 0 Å². The molecular formula is C26H34N2O3. The van der Waals surface area contributed by atoms with Gasteiger partial charge in [0.2, 0.25) is 0 Å². The first kappa shape index (κ1) is 21.7. The van der Waals surface area contributed by atoms with Crippen LogP contribution in [-0.4, -0.2) is 55.0 Å². The summed E-state index contributed by atoms with van der Waals surface area (Å²) in [6.07, 6.45) is 4.84. The molecule has 2 heterocycles. The quantitative estimate of drug-likeness (QED) is 0.682. The molecule has 2 aromatic carbocycles. The zero-order chi connectivity index (χ0) is 21.6. The van der Waals surface area contributed by atoms with Gasteiger partial charge in [-0.3, -0.25) is 9.69 Å². The number of para-hydroxylation sites is 2. The highest BCUT2D eigenvalue weighted by Crippen LogP contribution is 2.27. The van der Waals surface area contributed by atoms with Crippen LogP contribution < -0.4 is 9.47 Å². The molecule has 0 aliphatic carbocycles. The number of likely N-dealkylation sites (tertiary alicyclic amines) is 2. The lowest BCUT2D eigenvalue weighted by Gasteiger charge is -2.41. The van der Waals surface area contributed by atoms with Crippen LogP contribution in [0.25, 0.3) is 0 Å². The fourth-order valence-corrected chi connectivity index (χ4v) is 4.82. The van der Waals surface area contributed by atoms with E-state index >= 15 is 0 Å². The average Bonchev–Trinajstić information content (AvgIpc) is 2.83. The molecule has 0 aromatic heterocycles. The number of methoxy groups -OCH3 is 1. The fraction of sp³-hybridized carbons (Fsp3) is 0.500. The number of piperidine rings is 2. The number of hydrogen-bond donors (Lipinski definition) is 0. The number of hydrogen-bond acceptors (Lipinski definition) is 4. The lowest BCUT2D eigenvalue weighted by Crippen LogP contribution is -2.49. The number of ether oxygens (including phenoxy) is 2. The summed E-state index contributed by atoms with van der Waals surface area (Å²) < 4.78 is 11.2. The molecule has 1 unspecified atom stereocenters. The Balaban J connectivity index is 1.28. The van der Waals surface area contributed by atoms with Crippen LogP contribution in [0.15, 0.2) is 48.5 Å². The lowest BCUT2D eigenvalue weighted by atomic mass is 9.95. The largest absolute Gasteiger partial charge is 0.493 e. The Bertz CT molecular complexity index is 859. The van der Waals surface area contributed by atoms with E-state index in [0.29, 0.717) is 12.6 Å². The van der Waals surface area contributed by atoms with Gasteiger partial charge in [0.15, 0.2) is 11.5 Å². The Labute approximate surface area is 185 Å². The van der Waals surface area contributed by atoms with Crippen molar-refractivity contribution < 1.29 is 14.3 Å². The topological polar surface area (TPSA) is 42.0 Å². The van der Waals surface area contributed by atoms with Crippen molar-refractivity contribution in [3.05, 3.63) is 59.7 Å². The zero-order valence-electron chi connectivity index (χ0n) is 18.8. The number of amides is 1. The molecule has 2 aliphatic rings. The van der Waals surface area contributed by atoms with Gasteiger partial charge in [-0.25, -0.2) is 0 Å². The summed E-state index contributed by atoms with van der Waals surface area (Å²) in [5.41, 5.74) is 1.78. The first-order valence-electron chi connectivity index (χ1n) is 11.5. The maximum atomic E-state index is 13.0. The van der Waals surface area contributed by atoms with Gasteiger partial charge in [0.1, 0.15) is 6.61 Å². The average molecular weight is 423 g/mol. The smallest absolute Gasteiger partial charge is 0.253 e. The monoisotopic (exact) mass is 422 g/mol. The minimum Gasteiger partial charge on any atom is -0.493 e. The highest BCUT2D eigenvalue weighted by Gasteiger charge is 2.29. The molecule has 4 rings (SSSR count). The Morgan fingerprint density at radius 3 is 2.35 bits per heavy atom. The van der Waals surface area contributed by atoms with E-state index in [9.17, 15) is 4.79 Å². The first-order valence-corrected chi connectivity index (χ1v) is 11.5. The Hall–Kier alpha value is -2.53. The molecule has 0 radical (unpaired) electrons. The normalized spacial score (nSPS) is 20.5. The number of benzene rings is 2. The van der Waals surface area contributed by atoms with Crippen molar-refractivity contribution in [2.24, 2.45) is 5.92 Å². The Morgan fingerprint density at radius 2 is 1.68 bits per heavy atom. The summed E-state index contributed by atoms with van der Waals surface area (Å²) in [6.45, 7) is 6.95. The molecule has 2 saturated heterocycles. The Kier molecular flexibility index (Phi) is 7.13. The molecule has 1 atom stereocenters. The second-order valence-electron chi connectivity index (χ2n) is 8.90. The third-order valence-corrected chi connectivity index (χ3v) is 6.62. The molecule has 2 fully saturated rings. The van der Waals surface area contributed by atoms with E-state index in [0.717, 1.165) is 54.5 Å². The van der Waals surface area contributed by atoms with Gasteiger partial charge in [0.05, 0.1) is 7.11 Å². The summed E-state index contributed by atoms with van der Waals surface area (Å²) in [7, 11) is 1.64. The maximum Gasteiger partial charge on any atom is 0.253 e. The van der Waals surface area contributed by atoms with Gasteiger partial charge < -0.3 is 14.4 Å². The van der Waals surface area contributed by atoms with E-state index in [4.69, 9.17) is 9.47 Å². The van der Waals surface area contributed by atoms with E-state index in [1.54, 1.807) is 7.11 Å². The van der Waals surface area contributed by atoms with Crippen LogP contribution in [0.3, 0.4) is 0 Å². The summed E-state index contributed by atoms with van der Waals surface area (Å²) in [4.78, 5) is 17.7. The summed E-state index contributed by atoms with van der Waals surface area (Å²) in [5.74, 6) is 2.38. The van der Waals surface area contributed by atoms with E-state index in [1.165, 1.54) is 25.9 Å². The van der Waals surface area contributed by atoms with Crippen LogP contribution >= 0.6 is 0 Å². The number of carbonyl (C=O) groups excluding carboxylic acids is 1. The summed E-state index contributed by atoms with van der Waals surface area (Å²) >= 11 is 0. The number of carbonyl (C=O) groups is 1. The van der Waals surface area contributed by atoms with Crippen molar-refractivity contribution >= 4 is 5.91 Å². The van der Waals surface area contributed by atoms with E-state index in [-0.39, 0.29) is 5.91 Å². The van der Waals surface area contributed by atoms with Gasteiger partial charge in [0.25, 0.3) is 5.91 Å². The highest BCUT2D eigenvalue weighted by atomic mass is 16.5. The second kappa shape index (κ2) is 10.2. The Morgan fingerprint density at radius 1 is 0.968 bits per heavy atom. The van der Waals surface area contributed by atoms with Crippen LogP contribution in [-0.2, 0) is 6.61 Å². The minimum absolute atomic E-state index is 0.141. The molecule has 0 N–H and O–H groups in total. The molecule has 31 heavy (non-hydrogen) atoms. The molecule has 0 bridgehead atoms. The third kappa shape index (κ3) is 5.40. The van der Waals surface area contributed by atoms with E-state index in [2.05, 4.69) is 11.8 Å². The predicted octanol–water partition coefficient (Wildman–Crippen LogP) is 4.61. The van der Waals surface area contributed by atoms with Crippen molar-refractivity contribution in [1.29, 1.82) is 0 Å². The standard InChI is InChI=1S/C26H34N2O3/c1-20-6-5-15-28(18-20)23-13-16-27(17-14-23)26(29)22-11-9-21(10-12-22)19-31-25-8-4-3-7-24(25)30-2/h3-4,7-12,20,23H,5-6,13-19H2,1-2H3. The van der Waals surface area contributed by atoms with Crippen molar-refractivity contribution in [1.82, 2.24) is 9.80 Å². The lowest BCUT2D eigenvalue weighted by molar-refractivity contribution is 0.0542.